The molecular weight excluding hydrogens is 296 g/mol. The lowest BCUT2D eigenvalue weighted by atomic mass is 9.91. The summed E-state index contributed by atoms with van der Waals surface area (Å²) in [7, 11) is 3.59. The van der Waals surface area contributed by atoms with Crippen LogP contribution in [0.5, 0.6) is 5.75 Å². The number of phenols is 1. The number of hydrogen-bond donors (Lipinski definition) is 3. The summed E-state index contributed by atoms with van der Waals surface area (Å²) >= 11 is 0. The molecule has 106 valence electrons. The average molecular weight is 310 g/mol. The first kappa shape index (κ1) is 13.6. The van der Waals surface area contributed by atoms with Crippen LogP contribution < -0.4 is 0 Å². The number of rotatable bonds is 2. The largest absolute Gasteiger partial charge is 0.507 e. The molecule has 1 fully saturated rings. The zero-order valence-corrected chi connectivity index (χ0v) is 12.6. The number of nitrogens with zero attached hydrogens (tertiary/aromatic N) is 1. The summed E-state index contributed by atoms with van der Waals surface area (Å²) in [5.41, 5.74) is 1.25. The Morgan fingerprint density at radius 1 is 1.50 bits per heavy atom. The zero-order chi connectivity index (χ0) is 14.5. The molecule has 1 aromatic heterocycles. The Labute approximate surface area is 123 Å². The summed E-state index contributed by atoms with van der Waals surface area (Å²) in [5.74, 6) is 0.481. The van der Waals surface area contributed by atoms with E-state index in [9.17, 15) is 9.90 Å². The van der Waals surface area contributed by atoms with E-state index in [0.717, 1.165) is 11.6 Å². The van der Waals surface area contributed by atoms with E-state index in [-0.39, 0.29) is 22.0 Å². The molecule has 5 nitrogen and oxygen atoms in total. The normalized spacial score (nSPS) is 21.4. The minimum atomic E-state index is -1.15. The van der Waals surface area contributed by atoms with Crippen molar-refractivity contribution in [3.8, 4) is 5.75 Å². The van der Waals surface area contributed by atoms with Gasteiger partial charge in [-0.15, -0.1) is 0 Å². The number of aromatic carboxylic acids is 1. The fourth-order valence-electron chi connectivity index (χ4n) is 2.24. The van der Waals surface area contributed by atoms with Gasteiger partial charge in [0.2, 0.25) is 0 Å². The zero-order valence-electron chi connectivity index (χ0n) is 11.0. The summed E-state index contributed by atoms with van der Waals surface area (Å²) in [5, 5.41) is 19.0. The van der Waals surface area contributed by atoms with E-state index in [1.165, 1.54) is 12.1 Å². The van der Waals surface area contributed by atoms with Gasteiger partial charge < -0.3 is 15.2 Å². The van der Waals surface area contributed by atoms with Crippen LogP contribution in [-0.4, -0.2) is 31.9 Å². The molecule has 2 aromatic rings. The highest BCUT2D eigenvalue weighted by atomic mass is 33.1. The predicted molar refractivity (Wildman–Crippen MR) is 81.3 cm³/mol. The summed E-state index contributed by atoms with van der Waals surface area (Å²) < 4.78 is 0. The summed E-state index contributed by atoms with van der Waals surface area (Å²) in [6.07, 6.45) is 0. The molecule has 0 bridgehead atoms. The number of benzene rings is 1. The van der Waals surface area contributed by atoms with Crippen molar-refractivity contribution < 1.29 is 15.0 Å². The number of aromatic nitrogens is 2. The number of carboxylic acids is 1. The molecule has 3 N–H and O–H groups in total. The van der Waals surface area contributed by atoms with Gasteiger partial charge in [0.05, 0.1) is 16.3 Å². The molecule has 20 heavy (non-hydrogen) atoms. The van der Waals surface area contributed by atoms with Crippen LogP contribution in [0.4, 0.5) is 0 Å². The van der Waals surface area contributed by atoms with Gasteiger partial charge in [0, 0.05) is 11.8 Å². The molecule has 1 unspecified atom stereocenters. The van der Waals surface area contributed by atoms with Crippen LogP contribution in [0, 0.1) is 5.41 Å². The minimum Gasteiger partial charge on any atom is -0.507 e. The number of fused-ring (bicyclic) bond motifs is 1. The lowest BCUT2D eigenvalue weighted by molar-refractivity contribution is 0.0694. The smallest absolute Gasteiger partial charge is 0.339 e. The number of carboxylic acid groups (broad SMARTS) is 1. The molecule has 0 amide bonds. The highest BCUT2D eigenvalue weighted by Crippen LogP contribution is 2.57. The Morgan fingerprint density at radius 3 is 2.85 bits per heavy atom. The summed E-state index contributed by atoms with van der Waals surface area (Å²) in [4.78, 5) is 18.7. The molecule has 1 aliphatic rings. The molecule has 1 saturated heterocycles. The number of hydrogen-bond acceptors (Lipinski definition) is 5. The Bertz CT molecular complexity index is 696. The second kappa shape index (κ2) is 4.60. The van der Waals surface area contributed by atoms with Crippen molar-refractivity contribution in [1.82, 2.24) is 9.97 Å². The van der Waals surface area contributed by atoms with E-state index < -0.39 is 5.97 Å². The minimum absolute atomic E-state index is 0.111. The van der Waals surface area contributed by atoms with Crippen LogP contribution in [-0.2, 0) is 0 Å². The van der Waals surface area contributed by atoms with E-state index in [0.29, 0.717) is 11.0 Å². The first-order chi connectivity index (χ1) is 9.38. The lowest BCUT2D eigenvalue weighted by Gasteiger charge is -2.22. The van der Waals surface area contributed by atoms with E-state index in [2.05, 4.69) is 23.8 Å². The number of imidazole rings is 1. The first-order valence-electron chi connectivity index (χ1n) is 6.13. The molecule has 1 aliphatic heterocycles. The Kier molecular flexibility index (Phi) is 3.13. The molecule has 0 radical (unpaired) electrons. The molecule has 1 atom stereocenters. The van der Waals surface area contributed by atoms with Crippen LogP contribution >= 0.6 is 21.6 Å². The van der Waals surface area contributed by atoms with Gasteiger partial charge in [0.25, 0.3) is 0 Å². The van der Waals surface area contributed by atoms with Crippen molar-refractivity contribution in [3.05, 3.63) is 23.5 Å². The van der Waals surface area contributed by atoms with Crippen LogP contribution in [0.3, 0.4) is 0 Å². The van der Waals surface area contributed by atoms with Gasteiger partial charge in [-0.05, 0) is 11.5 Å². The molecular formula is C13H14N2O3S2. The standard InChI is InChI=1S/C13H14N2O3S2/c1-13(2)5-19-20-10(13)11-14-7-3-6(12(17)18)9(16)4-8(7)15-11/h3-4,10,16H,5H2,1-2H3,(H,14,15)(H,17,18). The maximum atomic E-state index is 11.0. The predicted octanol–water partition coefficient (Wildman–Crippen LogP) is 3.43. The van der Waals surface area contributed by atoms with E-state index in [1.54, 1.807) is 10.8 Å². The first-order valence-corrected chi connectivity index (χ1v) is 8.51. The van der Waals surface area contributed by atoms with Crippen LogP contribution in [0.1, 0.15) is 35.3 Å². The Morgan fingerprint density at radius 2 is 2.25 bits per heavy atom. The van der Waals surface area contributed by atoms with Crippen molar-refractivity contribution in [1.29, 1.82) is 0 Å². The molecule has 2 heterocycles. The van der Waals surface area contributed by atoms with E-state index in [4.69, 9.17) is 5.11 Å². The molecule has 0 aliphatic carbocycles. The lowest BCUT2D eigenvalue weighted by Crippen LogP contribution is -2.18. The second-order valence-corrected chi connectivity index (χ2v) is 8.01. The molecule has 0 saturated carbocycles. The van der Waals surface area contributed by atoms with Crippen molar-refractivity contribution in [3.63, 3.8) is 0 Å². The fraction of sp³-hybridized carbons (Fsp3) is 0.385. The van der Waals surface area contributed by atoms with Crippen molar-refractivity contribution >= 4 is 38.6 Å². The highest BCUT2D eigenvalue weighted by molar-refractivity contribution is 8.77. The van der Waals surface area contributed by atoms with E-state index in [1.807, 2.05) is 10.8 Å². The van der Waals surface area contributed by atoms with Crippen molar-refractivity contribution in [2.75, 3.05) is 5.75 Å². The van der Waals surface area contributed by atoms with Gasteiger partial charge in [-0.3, -0.25) is 0 Å². The monoisotopic (exact) mass is 310 g/mol. The van der Waals surface area contributed by atoms with Crippen LogP contribution in [0.2, 0.25) is 0 Å². The third-order valence-electron chi connectivity index (χ3n) is 3.40. The molecule has 7 heteroatoms. The van der Waals surface area contributed by atoms with Crippen molar-refractivity contribution in [2.24, 2.45) is 5.41 Å². The topological polar surface area (TPSA) is 86.2 Å². The maximum Gasteiger partial charge on any atom is 0.339 e. The van der Waals surface area contributed by atoms with Gasteiger partial charge in [-0.1, -0.05) is 35.4 Å². The van der Waals surface area contributed by atoms with Crippen LogP contribution in [0.25, 0.3) is 11.0 Å². The number of nitrogens with one attached hydrogen (secondary N) is 1. The third kappa shape index (κ3) is 2.14. The van der Waals surface area contributed by atoms with Gasteiger partial charge in [-0.2, -0.15) is 0 Å². The SMILES string of the molecule is CC1(C)CSSC1c1nc2cc(O)c(C(=O)O)cc2[nH]1. The summed E-state index contributed by atoms with van der Waals surface area (Å²) in [6.45, 7) is 4.38. The molecule has 0 spiro atoms. The van der Waals surface area contributed by atoms with E-state index >= 15 is 0 Å². The molecule has 3 rings (SSSR count). The fourth-order valence-corrected chi connectivity index (χ4v) is 6.14. The van der Waals surface area contributed by atoms with Crippen molar-refractivity contribution in [2.45, 2.75) is 19.1 Å². The second-order valence-electron chi connectivity index (χ2n) is 5.54. The average Bonchev–Trinajstić information content (AvgIpc) is 2.89. The van der Waals surface area contributed by atoms with Gasteiger partial charge in [0.15, 0.2) is 0 Å². The molecule has 1 aromatic carbocycles. The summed E-state index contributed by atoms with van der Waals surface area (Å²) in [6, 6.07) is 2.84. The number of aromatic hydroxyl groups is 1. The van der Waals surface area contributed by atoms with Gasteiger partial charge >= 0.3 is 5.97 Å². The number of H-pyrrole nitrogens is 1. The highest BCUT2D eigenvalue weighted by Gasteiger charge is 2.39. The quantitative estimate of drug-likeness (QED) is 0.737. The third-order valence-corrected chi connectivity index (χ3v) is 6.79. The Hall–Kier alpha value is -1.34. The number of carbonyl (C=O) groups is 1. The van der Waals surface area contributed by atoms with Crippen LogP contribution in [0.15, 0.2) is 12.1 Å². The maximum absolute atomic E-state index is 11.0. The van der Waals surface area contributed by atoms with Gasteiger partial charge in [-0.25, -0.2) is 9.78 Å². The number of aromatic amines is 1. The Balaban J connectivity index is 2.09. The van der Waals surface area contributed by atoms with Gasteiger partial charge in [0.1, 0.15) is 17.1 Å².